The van der Waals surface area contributed by atoms with Crippen LogP contribution in [0.3, 0.4) is 0 Å². The molecule has 0 saturated carbocycles. The molecule has 3 N–H and O–H groups in total. The Hall–Kier alpha value is -1.61. The zero-order chi connectivity index (χ0) is 16.9. The summed E-state index contributed by atoms with van der Waals surface area (Å²) in [6.07, 6.45) is 4.78. The summed E-state index contributed by atoms with van der Waals surface area (Å²) in [5.41, 5.74) is 6.68. The number of likely N-dealkylation sites (tertiary alicyclic amines) is 1. The summed E-state index contributed by atoms with van der Waals surface area (Å²) >= 11 is 1.41. The molecule has 1 saturated heterocycles. The molecule has 26 heavy (non-hydrogen) atoms. The molecule has 1 aliphatic heterocycles. The normalized spacial score (nSPS) is 16.3. The van der Waals surface area contributed by atoms with Gasteiger partial charge in [-0.25, -0.2) is 4.98 Å². The molecule has 3 rings (SSSR count). The quantitative estimate of drug-likeness (QED) is 0.771. The highest BCUT2D eigenvalue weighted by molar-refractivity contribution is 7.13. The van der Waals surface area contributed by atoms with Gasteiger partial charge < -0.3 is 20.4 Å². The minimum absolute atomic E-state index is 0. The minimum Gasteiger partial charge on any atom is -0.472 e. The third-order valence-corrected chi connectivity index (χ3v) is 4.91. The summed E-state index contributed by atoms with van der Waals surface area (Å²) in [7, 11) is 0. The average molecular weight is 421 g/mol. The number of carbonyl (C=O) groups excluding carboxylic acids is 2. The molecule has 2 amide bonds. The molecular weight excluding hydrogens is 399 g/mol. The average Bonchev–Trinajstić information content (AvgIpc) is 3.30. The van der Waals surface area contributed by atoms with E-state index in [9.17, 15) is 9.59 Å². The molecule has 0 bridgehead atoms. The van der Waals surface area contributed by atoms with Gasteiger partial charge in [0.2, 0.25) is 5.91 Å². The van der Waals surface area contributed by atoms with Gasteiger partial charge in [-0.2, -0.15) is 0 Å². The molecule has 2 aromatic rings. The number of carbonyl (C=O) groups is 2. The molecular formula is C16H22Cl2N4O3S. The van der Waals surface area contributed by atoms with Gasteiger partial charge >= 0.3 is 0 Å². The first-order chi connectivity index (χ1) is 11.7. The van der Waals surface area contributed by atoms with Crippen molar-refractivity contribution in [2.45, 2.75) is 12.8 Å². The van der Waals surface area contributed by atoms with E-state index in [1.807, 2.05) is 6.07 Å². The Morgan fingerprint density at radius 1 is 1.42 bits per heavy atom. The van der Waals surface area contributed by atoms with Crippen molar-refractivity contribution >= 4 is 48.0 Å². The Bertz CT molecular complexity index is 708. The number of furan rings is 1. The summed E-state index contributed by atoms with van der Waals surface area (Å²) in [5.74, 6) is -0.339. The van der Waals surface area contributed by atoms with Crippen LogP contribution in [0.1, 0.15) is 23.3 Å². The van der Waals surface area contributed by atoms with E-state index in [1.54, 1.807) is 22.8 Å². The van der Waals surface area contributed by atoms with Gasteiger partial charge in [-0.1, -0.05) is 0 Å². The Balaban J connectivity index is 0.00000169. The molecule has 0 aliphatic carbocycles. The van der Waals surface area contributed by atoms with E-state index in [4.69, 9.17) is 10.2 Å². The van der Waals surface area contributed by atoms with E-state index in [0.29, 0.717) is 31.9 Å². The molecule has 1 unspecified atom stereocenters. The van der Waals surface area contributed by atoms with Crippen molar-refractivity contribution in [3.8, 4) is 10.6 Å². The topological polar surface area (TPSA) is 101 Å². The van der Waals surface area contributed by atoms with Gasteiger partial charge in [-0.05, 0) is 18.9 Å². The van der Waals surface area contributed by atoms with E-state index in [2.05, 4.69) is 10.3 Å². The second-order valence-electron chi connectivity index (χ2n) is 5.72. The zero-order valence-corrected chi connectivity index (χ0v) is 16.5. The van der Waals surface area contributed by atoms with Gasteiger partial charge in [0.15, 0.2) is 0 Å². The molecule has 144 valence electrons. The Morgan fingerprint density at radius 2 is 2.23 bits per heavy atom. The fourth-order valence-corrected chi connectivity index (χ4v) is 3.55. The van der Waals surface area contributed by atoms with Crippen LogP contribution in [0.4, 0.5) is 0 Å². The van der Waals surface area contributed by atoms with Crippen LogP contribution in [0.15, 0.2) is 28.4 Å². The van der Waals surface area contributed by atoms with Crippen molar-refractivity contribution in [2.75, 3.05) is 26.2 Å². The van der Waals surface area contributed by atoms with Crippen molar-refractivity contribution in [3.05, 3.63) is 29.7 Å². The van der Waals surface area contributed by atoms with E-state index in [1.165, 1.54) is 11.3 Å². The number of hydrogen-bond donors (Lipinski definition) is 2. The molecule has 7 nitrogen and oxygen atoms in total. The minimum atomic E-state index is -0.179. The van der Waals surface area contributed by atoms with Crippen LogP contribution in [0.25, 0.3) is 10.6 Å². The number of nitrogens with one attached hydrogen (secondary N) is 1. The van der Waals surface area contributed by atoms with Crippen LogP contribution >= 0.6 is 36.2 Å². The highest BCUT2D eigenvalue weighted by Crippen LogP contribution is 2.25. The number of thiazole rings is 1. The van der Waals surface area contributed by atoms with Gasteiger partial charge in [0.25, 0.3) is 5.91 Å². The standard InChI is InChI=1S/C16H20N4O3S.2ClH/c17-4-5-18-14(21)11-2-1-6-20(8-11)16(22)13-10-24-15(19-13)12-3-7-23-9-12;;/h3,7,9-11H,1-2,4-6,8,17H2,(H,18,21);2*1H. The summed E-state index contributed by atoms with van der Waals surface area (Å²) in [5, 5.41) is 5.30. The van der Waals surface area contributed by atoms with Crippen molar-refractivity contribution in [3.63, 3.8) is 0 Å². The molecule has 2 aromatic heterocycles. The van der Waals surface area contributed by atoms with E-state index < -0.39 is 0 Å². The van der Waals surface area contributed by atoms with Crippen molar-refractivity contribution in [2.24, 2.45) is 11.7 Å². The van der Waals surface area contributed by atoms with Gasteiger partial charge in [0.05, 0.1) is 12.2 Å². The molecule has 0 aromatic carbocycles. The molecule has 1 atom stereocenters. The van der Waals surface area contributed by atoms with Crippen LogP contribution < -0.4 is 11.1 Å². The summed E-state index contributed by atoms with van der Waals surface area (Å²) in [6, 6.07) is 1.81. The van der Waals surface area contributed by atoms with Crippen LogP contribution in [-0.2, 0) is 4.79 Å². The SMILES string of the molecule is Cl.Cl.NCCNC(=O)C1CCCN(C(=O)c2csc(-c3ccoc3)n2)C1. The molecule has 0 spiro atoms. The van der Waals surface area contributed by atoms with Crippen molar-refractivity contribution < 1.29 is 14.0 Å². The maximum atomic E-state index is 12.7. The van der Waals surface area contributed by atoms with Crippen molar-refractivity contribution in [1.82, 2.24) is 15.2 Å². The number of nitrogens with two attached hydrogens (primary N) is 1. The number of halogens is 2. The lowest BCUT2D eigenvalue weighted by atomic mass is 9.97. The number of hydrogen-bond acceptors (Lipinski definition) is 6. The monoisotopic (exact) mass is 420 g/mol. The summed E-state index contributed by atoms with van der Waals surface area (Å²) < 4.78 is 5.05. The lowest BCUT2D eigenvalue weighted by molar-refractivity contribution is -0.126. The van der Waals surface area contributed by atoms with E-state index >= 15 is 0 Å². The van der Waals surface area contributed by atoms with Gasteiger partial charge in [-0.3, -0.25) is 9.59 Å². The van der Waals surface area contributed by atoms with Gasteiger partial charge in [0.1, 0.15) is 17.0 Å². The lowest BCUT2D eigenvalue weighted by Crippen LogP contribution is -2.46. The first-order valence-electron chi connectivity index (χ1n) is 7.94. The fourth-order valence-electron chi connectivity index (χ4n) is 2.77. The molecule has 0 radical (unpaired) electrons. The third kappa shape index (κ3) is 5.20. The van der Waals surface area contributed by atoms with Crippen molar-refractivity contribution in [1.29, 1.82) is 0 Å². The van der Waals surface area contributed by atoms with Crippen LogP contribution in [0.2, 0.25) is 0 Å². The Labute approximate surface area is 168 Å². The first-order valence-corrected chi connectivity index (χ1v) is 8.82. The van der Waals surface area contributed by atoms with Gasteiger partial charge in [-0.15, -0.1) is 36.2 Å². The summed E-state index contributed by atoms with van der Waals surface area (Å²) in [6.45, 7) is 1.95. The van der Waals surface area contributed by atoms with E-state index in [-0.39, 0.29) is 42.5 Å². The summed E-state index contributed by atoms with van der Waals surface area (Å²) in [4.78, 5) is 30.9. The number of nitrogens with zero attached hydrogens (tertiary/aromatic N) is 2. The maximum Gasteiger partial charge on any atom is 0.273 e. The zero-order valence-electron chi connectivity index (χ0n) is 14.1. The Morgan fingerprint density at radius 3 is 2.92 bits per heavy atom. The first kappa shape index (κ1) is 22.4. The highest BCUT2D eigenvalue weighted by atomic mass is 35.5. The second-order valence-corrected chi connectivity index (χ2v) is 6.58. The Kier molecular flexibility index (Phi) is 9.07. The smallest absolute Gasteiger partial charge is 0.273 e. The predicted molar refractivity (Wildman–Crippen MR) is 105 cm³/mol. The largest absolute Gasteiger partial charge is 0.472 e. The molecule has 3 heterocycles. The number of rotatable bonds is 5. The number of aromatic nitrogens is 1. The fraction of sp³-hybridized carbons (Fsp3) is 0.438. The van der Waals surface area contributed by atoms with Gasteiger partial charge in [0, 0.05) is 37.1 Å². The van der Waals surface area contributed by atoms with Crippen LogP contribution in [0, 0.1) is 5.92 Å². The van der Waals surface area contributed by atoms with Crippen LogP contribution in [0.5, 0.6) is 0 Å². The molecule has 1 aliphatic rings. The third-order valence-electron chi connectivity index (χ3n) is 4.01. The molecule has 1 fully saturated rings. The van der Waals surface area contributed by atoms with E-state index in [0.717, 1.165) is 23.4 Å². The maximum absolute atomic E-state index is 12.7. The molecule has 10 heteroatoms. The number of piperidine rings is 1. The predicted octanol–water partition coefficient (Wildman–Crippen LogP) is 2.17. The highest BCUT2D eigenvalue weighted by Gasteiger charge is 2.29. The van der Waals surface area contributed by atoms with Crippen LogP contribution in [-0.4, -0.2) is 47.9 Å². The second kappa shape index (κ2) is 10.5. The number of amides is 2. The lowest BCUT2D eigenvalue weighted by Gasteiger charge is -2.31.